The molecule has 2 heterocycles. The molecule has 15 N–H and O–H groups in total. The molecule has 0 bridgehead atoms. The van der Waals surface area contributed by atoms with Crippen molar-refractivity contribution in [3.8, 4) is 5.75 Å². The van der Waals surface area contributed by atoms with Gasteiger partial charge < -0.3 is 98.4 Å². The SMILES string of the molecule is CCCC[C@H]1C(=O)N(C)CC(=O)N[C@@H](CC(=O)O)C(=O)N[C@@H](C(C)C)C(=O)N(C)[C@@H](Cc2ccccc2)C(=O)N[C@@H](CCC(=O)O)C(=O)N(C)CC(=O)N[C@@H](Cc2c[nH]c3ccccc23)C(=O)N[C@@H](Cc2ccc(O)cc2)C(=O)N[C@@H](CC(C)C)C(=O)N[C@H](C(=O)NCC(N)=O)CSCC(=O)N[C@@H](Cc2ccccc2)C(=O)N(C)[C@@H](Cc2ccccc2)C(=O)N1C. The van der Waals surface area contributed by atoms with Crippen LogP contribution in [0.5, 0.6) is 5.75 Å². The van der Waals surface area contributed by atoms with E-state index >= 15 is 28.8 Å². The van der Waals surface area contributed by atoms with E-state index in [2.05, 4.69) is 52.8 Å². The molecule has 0 saturated carbocycles. The Balaban J connectivity index is 1.32. The molecular weight excluding hydrogens is 1650 g/mol. The largest absolute Gasteiger partial charge is 0.508 e. The highest BCUT2D eigenvalue weighted by molar-refractivity contribution is 8.00. The second kappa shape index (κ2) is 48.7. The average molecular weight is 1760 g/mol. The predicted molar refractivity (Wildman–Crippen MR) is 467 cm³/mol. The molecule has 0 aliphatic carbocycles. The Hall–Kier alpha value is -13.2. The van der Waals surface area contributed by atoms with E-state index in [1.54, 1.807) is 135 Å². The highest BCUT2D eigenvalue weighted by Crippen LogP contribution is 2.24. The minimum Gasteiger partial charge on any atom is -0.508 e. The van der Waals surface area contributed by atoms with Crippen molar-refractivity contribution in [2.45, 2.75) is 178 Å². The summed E-state index contributed by atoms with van der Waals surface area (Å²) in [5.41, 5.74) is 8.57. The van der Waals surface area contributed by atoms with Crippen molar-refractivity contribution in [2.24, 2.45) is 17.6 Å². The van der Waals surface area contributed by atoms with Gasteiger partial charge in [-0.1, -0.05) is 169 Å². The maximum Gasteiger partial charge on any atom is 0.305 e. The lowest BCUT2D eigenvalue weighted by molar-refractivity contribution is -0.151. The van der Waals surface area contributed by atoms with Crippen molar-refractivity contribution in [3.05, 3.63) is 174 Å². The van der Waals surface area contributed by atoms with E-state index in [4.69, 9.17) is 5.73 Å². The van der Waals surface area contributed by atoms with Gasteiger partial charge in [0.1, 0.15) is 72.2 Å². The number of para-hydroxylation sites is 1. The van der Waals surface area contributed by atoms with Crippen molar-refractivity contribution >= 4 is 123 Å². The van der Waals surface area contributed by atoms with Crippen LogP contribution in [0.2, 0.25) is 0 Å². The number of thioether (sulfide) groups is 1. The van der Waals surface area contributed by atoms with Gasteiger partial charge in [0.25, 0.3) is 0 Å². The number of nitrogens with two attached hydrogens (primary N) is 1. The standard InChI is InChI=1S/C89H116N16O20S/c1-11-12-32-69-87(123)102(7)49-74(109)94-66(45-77(113)114)83(119)100-78(53(4)5)89(125)104(9)70(42-55-26-18-14-19-27-55)84(120)96-62(37-38-76(111)112)85(121)101(6)48-73(108)93-65(44-58-46-91-61-31-23-22-30-60(58)61)82(118)98-64(40-57-33-35-59(106)36-34-57)81(117)97-63(39-52(2)3)80(116)99-68(79(115)92-47-72(90)107)50-126-51-75(110)95-67(41-54-24-16-13-17-25-54)86(122)105(10)71(88(124)103(69)8)43-56-28-20-15-21-29-56/h13-31,33-36,46,52-53,62-71,78,91,106H,11-12,32,37-45,47-51H2,1-10H3,(H2,90,107)(H,92,115)(H,93,108)(H,94,109)(H,95,110)(H,96,120)(H,97,117)(H,98,118)(H,99,116)(H,100,119)(H,111,112)(H,113,114)/t62-,63-,64-,65-,66-,67-,68-,69-,70-,71-,78-/m0/s1. The second-order valence-corrected chi connectivity index (χ2v) is 33.2. The molecular formula is C89H116N16O20S. The summed E-state index contributed by atoms with van der Waals surface area (Å²) in [5.74, 6) is -19.3. The number of nitrogens with one attached hydrogen (secondary N) is 10. The number of benzene rings is 5. The highest BCUT2D eigenvalue weighted by atomic mass is 32.2. The summed E-state index contributed by atoms with van der Waals surface area (Å²) < 4.78 is 0. The molecule has 1 saturated heterocycles. The van der Waals surface area contributed by atoms with Crippen molar-refractivity contribution in [3.63, 3.8) is 0 Å². The lowest BCUT2D eigenvalue weighted by atomic mass is 9.98. The summed E-state index contributed by atoms with van der Waals surface area (Å²) in [6, 6.07) is 20.8. The summed E-state index contributed by atoms with van der Waals surface area (Å²) in [6.45, 7) is 5.98. The van der Waals surface area contributed by atoms with E-state index in [1.165, 1.54) is 73.4 Å². The van der Waals surface area contributed by atoms with E-state index in [1.807, 2.05) is 6.92 Å². The molecule has 0 unspecified atom stereocenters. The first-order valence-electron chi connectivity index (χ1n) is 41.5. The molecule has 5 aromatic carbocycles. The zero-order valence-corrected chi connectivity index (χ0v) is 73.2. The number of H-pyrrole nitrogens is 1. The molecule has 1 fully saturated rings. The number of aromatic amines is 1. The number of nitrogens with zero attached hydrogens (tertiary/aromatic N) is 5. The summed E-state index contributed by atoms with van der Waals surface area (Å²) in [7, 11) is 6.35. The number of aromatic nitrogens is 1. The van der Waals surface area contributed by atoms with Crippen LogP contribution >= 0.6 is 11.8 Å². The first-order chi connectivity index (χ1) is 59.8. The molecule has 1 aliphatic rings. The number of carbonyl (C=O) groups excluding carboxylic acids is 15. The van der Waals surface area contributed by atoms with Gasteiger partial charge in [-0.05, 0) is 77.1 Å². The van der Waals surface area contributed by atoms with Crippen molar-refractivity contribution in [2.75, 3.05) is 66.4 Å². The summed E-state index contributed by atoms with van der Waals surface area (Å²) in [5, 5.41) is 54.7. The van der Waals surface area contributed by atoms with Gasteiger partial charge in [-0.25, -0.2) is 0 Å². The molecule has 11 atom stereocenters. The lowest BCUT2D eigenvalue weighted by Crippen LogP contribution is -2.61. The van der Waals surface area contributed by atoms with Gasteiger partial charge in [0.05, 0.1) is 31.8 Å². The third-order valence-electron chi connectivity index (χ3n) is 21.3. The fourth-order valence-corrected chi connectivity index (χ4v) is 15.3. The molecule has 1 aromatic heterocycles. The molecule has 0 spiro atoms. The number of carbonyl (C=O) groups is 17. The van der Waals surface area contributed by atoms with Crippen molar-refractivity contribution < 1.29 is 96.8 Å². The number of rotatable bonds is 24. The fourth-order valence-electron chi connectivity index (χ4n) is 14.4. The Morgan fingerprint density at radius 2 is 0.960 bits per heavy atom. The number of hydrogen-bond donors (Lipinski definition) is 14. The number of carboxylic acid groups (broad SMARTS) is 2. The van der Waals surface area contributed by atoms with E-state index in [0.29, 0.717) is 51.6 Å². The van der Waals surface area contributed by atoms with Crippen LogP contribution in [0, 0.1) is 11.8 Å². The first kappa shape index (κ1) is 99.9. The number of phenols is 1. The normalized spacial score (nSPS) is 22.1. The van der Waals surface area contributed by atoms with Crippen LogP contribution in [0.1, 0.15) is 107 Å². The van der Waals surface area contributed by atoms with Crippen molar-refractivity contribution in [1.29, 1.82) is 0 Å². The molecule has 6 aromatic rings. The van der Waals surface area contributed by atoms with Crippen LogP contribution < -0.4 is 53.6 Å². The molecule has 0 radical (unpaired) electrons. The van der Waals surface area contributed by atoms with Crippen LogP contribution in [0.15, 0.2) is 146 Å². The van der Waals surface area contributed by atoms with Crippen LogP contribution in [0.25, 0.3) is 10.9 Å². The zero-order chi connectivity index (χ0) is 92.6. The number of fused-ring (bicyclic) bond motifs is 1. The Labute approximate surface area is 735 Å². The number of carboxylic acids is 2. The molecule has 1 aliphatic heterocycles. The Bertz CT molecular complexity index is 4810. The van der Waals surface area contributed by atoms with Crippen LogP contribution in [-0.4, -0.2) is 278 Å². The Morgan fingerprint density at radius 3 is 1.52 bits per heavy atom. The maximum absolute atomic E-state index is 15.5. The Morgan fingerprint density at radius 1 is 0.476 bits per heavy atom. The van der Waals surface area contributed by atoms with Gasteiger partial charge in [0.15, 0.2) is 0 Å². The molecule has 15 amide bonds. The third kappa shape index (κ3) is 30.6. The molecule has 678 valence electrons. The summed E-state index contributed by atoms with van der Waals surface area (Å²) in [6.07, 6.45) is -1.13. The predicted octanol–water partition coefficient (Wildman–Crippen LogP) is 1.24. The first-order valence-corrected chi connectivity index (χ1v) is 42.7. The van der Waals surface area contributed by atoms with E-state index in [9.17, 15) is 68.1 Å². The lowest BCUT2D eigenvalue weighted by Gasteiger charge is -2.37. The van der Waals surface area contributed by atoms with Gasteiger partial charge in [0, 0.05) is 96.6 Å². The maximum atomic E-state index is 15.5. The zero-order valence-electron chi connectivity index (χ0n) is 72.4. The number of aromatic hydroxyl groups is 1. The summed E-state index contributed by atoms with van der Waals surface area (Å²) in [4.78, 5) is 254. The monoisotopic (exact) mass is 1760 g/mol. The number of aliphatic carboxylic acids is 2. The smallest absolute Gasteiger partial charge is 0.305 e. The van der Waals surface area contributed by atoms with Crippen LogP contribution in [-0.2, 0) is 114 Å². The van der Waals surface area contributed by atoms with Gasteiger partial charge in [-0.15, -0.1) is 11.8 Å². The second-order valence-electron chi connectivity index (χ2n) is 32.1. The number of hydrogen-bond acceptors (Lipinski definition) is 19. The number of primary amides is 1. The Kier molecular flexibility index (Phi) is 38.6. The quantitative estimate of drug-likeness (QED) is 0.0405. The van der Waals surface area contributed by atoms with Gasteiger partial charge in [0.2, 0.25) is 88.6 Å². The third-order valence-corrected chi connectivity index (χ3v) is 22.4. The number of phenolic OH excluding ortho intramolecular Hbond substituents is 1. The topological polar surface area (TPSA) is 517 Å². The number of unbranched alkanes of at least 4 members (excludes halogenated alkanes) is 1. The minimum atomic E-state index is -1.93. The number of amides is 15. The van der Waals surface area contributed by atoms with Crippen LogP contribution in [0.4, 0.5) is 0 Å². The molecule has 36 nitrogen and oxygen atoms in total. The van der Waals surface area contributed by atoms with E-state index in [0.717, 1.165) is 36.3 Å². The molecule has 7 rings (SSSR count). The van der Waals surface area contributed by atoms with E-state index < -0.39 is 223 Å². The summed E-state index contributed by atoms with van der Waals surface area (Å²) >= 11 is 0.819. The van der Waals surface area contributed by atoms with Gasteiger partial charge in [-0.3, -0.25) is 81.5 Å². The number of likely N-dealkylation sites (N-methyl/N-ethyl adjacent to an activating group) is 5. The molecule has 37 heteroatoms. The van der Waals surface area contributed by atoms with Gasteiger partial charge in [-0.2, -0.15) is 0 Å². The minimum absolute atomic E-state index is 0.0209. The van der Waals surface area contributed by atoms with E-state index in [-0.39, 0.29) is 56.6 Å². The van der Waals surface area contributed by atoms with Gasteiger partial charge >= 0.3 is 11.9 Å². The fraction of sp³-hybridized carbons (Fsp3) is 0.449. The van der Waals surface area contributed by atoms with Crippen LogP contribution in [0.3, 0.4) is 0 Å². The average Bonchev–Trinajstić information content (AvgIpc) is 1.79. The van der Waals surface area contributed by atoms with Crippen molar-refractivity contribution in [1.82, 2.24) is 77.3 Å². The molecule has 126 heavy (non-hydrogen) atoms. The highest BCUT2D eigenvalue weighted by Gasteiger charge is 2.42.